The normalized spacial score (nSPS) is 20.6. The van der Waals surface area contributed by atoms with Crippen LogP contribution in [0.3, 0.4) is 0 Å². The Hall–Kier alpha value is -1.72. The molecular formula is C14H18N4O. The highest BCUT2D eigenvalue weighted by Crippen LogP contribution is 2.12. The van der Waals surface area contributed by atoms with Crippen molar-refractivity contribution in [1.82, 2.24) is 14.9 Å². The number of morpholine rings is 1. The molecule has 19 heavy (non-hydrogen) atoms. The molecule has 0 spiro atoms. The summed E-state index contributed by atoms with van der Waals surface area (Å²) in [6, 6.07) is 7.87. The molecule has 0 amide bonds. The van der Waals surface area contributed by atoms with E-state index in [2.05, 4.69) is 27.2 Å². The van der Waals surface area contributed by atoms with E-state index in [1.165, 1.54) is 0 Å². The van der Waals surface area contributed by atoms with Crippen LogP contribution in [0.2, 0.25) is 0 Å². The van der Waals surface area contributed by atoms with Crippen molar-refractivity contribution in [3.05, 3.63) is 30.5 Å². The second-order valence-corrected chi connectivity index (χ2v) is 4.88. The first-order valence-electron chi connectivity index (χ1n) is 6.57. The number of hydrogen-bond donors (Lipinski definition) is 1. The van der Waals surface area contributed by atoms with Gasteiger partial charge >= 0.3 is 0 Å². The van der Waals surface area contributed by atoms with Crippen molar-refractivity contribution in [3.8, 4) is 0 Å². The van der Waals surface area contributed by atoms with E-state index in [4.69, 9.17) is 4.74 Å². The minimum absolute atomic E-state index is 0.215. The average molecular weight is 258 g/mol. The van der Waals surface area contributed by atoms with Crippen molar-refractivity contribution in [2.24, 2.45) is 0 Å². The van der Waals surface area contributed by atoms with Crippen molar-refractivity contribution in [1.29, 1.82) is 0 Å². The first-order valence-corrected chi connectivity index (χ1v) is 6.57. The fourth-order valence-corrected chi connectivity index (χ4v) is 2.25. The molecule has 1 atom stereocenters. The summed E-state index contributed by atoms with van der Waals surface area (Å²) in [6.45, 7) is 3.52. The van der Waals surface area contributed by atoms with Crippen molar-refractivity contribution in [2.75, 3.05) is 38.6 Å². The van der Waals surface area contributed by atoms with Gasteiger partial charge in [-0.15, -0.1) is 0 Å². The molecule has 1 saturated heterocycles. The highest BCUT2D eigenvalue weighted by Gasteiger charge is 2.17. The lowest BCUT2D eigenvalue weighted by Crippen LogP contribution is -2.43. The predicted octanol–water partition coefficient (Wildman–Crippen LogP) is 1.37. The van der Waals surface area contributed by atoms with Gasteiger partial charge in [-0.05, 0) is 19.2 Å². The van der Waals surface area contributed by atoms with E-state index < -0.39 is 0 Å². The molecule has 1 aliphatic heterocycles. The van der Waals surface area contributed by atoms with Crippen molar-refractivity contribution < 1.29 is 4.74 Å². The third kappa shape index (κ3) is 3.00. The minimum Gasteiger partial charge on any atom is -0.374 e. The van der Waals surface area contributed by atoms with Gasteiger partial charge in [-0.3, -0.25) is 4.98 Å². The Morgan fingerprint density at radius 2 is 2.21 bits per heavy atom. The lowest BCUT2D eigenvalue weighted by Gasteiger charge is -2.30. The molecule has 1 aliphatic rings. The number of anilines is 1. The highest BCUT2D eigenvalue weighted by molar-refractivity contribution is 5.75. The number of hydrogen-bond acceptors (Lipinski definition) is 5. The van der Waals surface area contributed by atoms with Crippen LogP contribution in [0.25, 0.3) is 11.0 Å². The summed E-state index contributed by atoms with van der Waals surface area (Å²) < 4.78 is 5.71. The number of likely N-dealkylation sites (N-methyl/N-ethyl adjacent to an activating group) is 1. The quantitative estimate of drug-likeness (QED) is 0.901. The maximum atomic E-state index is 5.71. The maximum Gasteiger partial charge on any atom is 0.145 e. The van der Waals surface area contributed by atoms with E-state index in [9.17, 15) is 0 Å². The summed E-state index contributed by atoms with van der Waals surface area (Å²) in [5.74, 6) is 0.801. The Morgan fingerprint density at radius 1 is 1.37 bits per heavy atom. The average Bonchev–Trinajstić information content (AvgIpc) is 2.45. The molecule has 2 aromatic rings. The molecule has 1 aromatic heterocycles. The number of rotatable bonds is 3. The molecule has 5 nitrogen and oxygen atoms in total. The molecule has 0 bridgehead atoms. The van der Waals surface area contributed by atoms with Crippen LogP contribution in [-0.2, 0) is 4.74 Å². The van der Waals surface area contributed by atoms with Crippen LogP contribution in [0, 0.1) is 0 Å². The van der Waals surface area contributed by atoms with E-state index in [0.717, 1.165) is 43.1 Å². The lowest BCUT2D eigenvalue weighted by atomic mass is 10.3. The first kappa shape index (κ1) is 12.3. The van der Waals surface area contributed by atoms with Gasteiger partial charge in [0.15, 0.2) is 0 Å². The van der Waals surface area contributed by atoms with Crippen LogP contribution < -0.4 is 5.32 Å². The third-order valence-corrected chi connectivity index (χ3v) is 3.30. The zero-order valence-corrected chi connectivity index (χ0v) is 11.0. The minimum atomic E-state index is 0.215. The van der Waals surface area contributed by atoms with E-state index >= 15 is 0 Å². The van der Waals surface area contributed by atoms with Crippen molar-refractivity contribution >= 4 is 16.9 Å². The molecule has 0 unspecified atom stereocenters. The van der Waals surface area contributed by atoms with E-state index in [1.807, 2.05) is 24.3 Å². The number of para-hydroxylation sites is 2. The van der Waals surface area contributed by atoms with Gasteiger partial charge in [-0.25, -0.2) is 4.98 Å². The predicted molar refractivity (Wildman–Crippen MR) is 75.3 cm³/mol. The number of ether oxygens (including phenoxy) is 1. The van der Waals surface area contributed by atoms with Gasteiger partial charge in [-0.2, -0.15) is 0 Å². The largest absolute Gasteiger partial charge is 0.374 e. The van der Waals surface area contributed by atoms with Crippen LogP contribution in [0.4, 0.5) is 5.82 Å². The molecule has 2 heterocycles. The summed E-state index contributed by atoms with van der Waals surface area (Å²) in [4.78, 5) is 11.2. The number of nitrogens with one attached hydrogen (secondary N) is 1. The summed E-state index contributed by atoms with van der Waals surface area (Å²) in [7, 11) is 2.12. The zero-order chi connectivity index (χ0) is 13.1. The van der Waals surface area contributed by atoms with Gasteiger partial charge in [0.25, 0.3) is 0 Å². The topological polar surface area (TPSA) is 50.3 Å². The number of nitrogens with zero attached hydrogens (tertiary/aromatic N) is 3. The zero-order valence-electron chi connectivity index (χ0n) is 11.0. The van der Waals surface area contributed by atoms with Crippen LogP contribution >= 0.6 is 0 Å². The van der Waals surface area contributed by atoms with Gasteiger partial charge in [0.05, 0.1) is 29.9 Å². The van der Waals surface area contributed by atoms with Crippen LogP contribution in [0.1, 0.15) is 0 Å². The molecule has 1 N–H and O–H groups in total. The summed E-state index contributed by atoms with van der Waals surface area (Å²) in [5.41, 5.74) is 1.83. The molecule has 1 aromatic carbocycles. The van der Waals surface area contributed by atoms with Gasteiger partial charge in [0.2, 0.25) is 0 Å². The fourth-order valence-electron chi connectivity index (χ4n) is 2.25. The Balaban J connectivity index is 1.64. The Kier molecular flexibility index (Phi) is 3.57. The summed E-state index contributed by atoms with van der Waals surface area (Å²) in [5, 5.41) is 3.30. The van der Waals surface area contributed by atoms with Gasteiger partial charge in [0, 0.05) is 19.6 Å². The van der Waals surface area contributed by atoms with Crippen molar-refractivity contribution in [3.63, 3.8) is 0 Å². The molecule has 0 saturated carbocycles. The number of fused-ring (bicyclic) bond motifs is 1. The molecule has 3 rings (SSSR count). The Morgan fingerprint density at radius 3 is 3.05 bits per heavy atom. The third-order valence-electron chi connectivity index (χ3n) is 3.30. The van der Waals surface area contributed by atoms with Crippen LogP contribution in [-0.4, -0.2) is 54.3 Å². The Labute approximate surface area is 112 Å². The smallest absolute Gasteiger partial charge is 0.145 e. The van der Waals surface area contributed by atoms with Gasteiger partial charge < -0.3 is 15.0 Å². The monoisotopic (exact) mass is 258 g/mol. The maximum absolute atomic E-state index is 5.71. The SMILES string of the molecule is CN1CCO[C@@H](CNc2cnc3ccccc3n2)C1. The first-order chi connectivity index (χ1) is 9.31. The number of aromatic nitrogens is 2. The second kappa shape index (κ2) is 5.50. The molecule has 0 radical (unpaired) electrons. The molecule has 1 fully saturated rings. The molecule has 0 aliphatic carbocycles. The molecule has 100 valence electrons. The summed E-state index contributed by atoms with van der Waals surface area (Å²) >= 11 is 0. The summed E-state index contributed by atoms with van der Waals surface area (Å²) in [6.07, 6.45) is 1.99. The van der Waals surface area contributed by atoms with Crippen LogP contribution in [0.5, 0.6) is 0 Å². The molecular weight excluding hydrogens is 240 g/mol. The standard InChI is InChI=1S/C14H18N4O/c1-18-6-7-19-11(10-18)8-16-14-9-15-12-4-2-3-5-13(12)17-14/h2-5,9,11H,6-8,10H2,1H3,(H,16,17)/t11-/m0/s1. The van der Waals surface area contributed by atoms with Crippen molar-refractivity contribution in [2.45, 2.75) is 6.10 Å². The molecule has 5 heteroatoms. The van der Waals surface area contributed by atoms with E-state index in [0.29, 0.717) is 0 Å². The Bertz CT molecular complexity index is 560. The fraction of sp³-hybridized carbons (Fsp3) is 0.429. The second-order valence-electron chi connectivity index (χ2n) is 4.88. The van der Waals surface area contributed by atoms with Gasteiger partial charge in [-0.1, -0.05) is 12.1 Å². The van der Waals surface area contributed by atoms with E-state index in [1.54, 1.807) is 6.20 Å². The van der Waals surface area contributed by atoms with Gasteiger partial charge in [0.1, 0.15) is 5.82 Å². The van der Waals surface area contributed by atoms with E-state index in [-0.39, 0.29) is 6.10 Å². The lowest BCUT2D eigenvalue weighted by molar-refractivity contribution is -0.0117. The van der Waals surface area contributed by atoms with Crippen LogP contribution in [0.15, 0.2) is 30.5 Å². The highest BCUT2D eigenvalue weighted by atomic mass is 16.5. The number of benzene rings is 1.